The van der Waals surface area contributed by atoms with Crippen molar-refractivity contribution in [3.8, 4) is 0 Å². The van der Waals surface area contributed by atoms with Gasteiger partial charge in [-0.2, -0.15) is 0 Å². The second kappa shape index (κ2) is 4.91. The minimum atomic E-state index is -1.54. The molecule has 4 heteroatoms. The van der Waals surface area contributed by atoms with Crippen molar-refractivity contribution < 1.29 is 19.7 Å². The number of methoxy groups -OCH3 is 1. The number of aliphatic hydroxyl groups excluding tert-OH is 2. The van der Waals surface area contributed by atoms with Gasteiger partial charge in [0.1, 0.15) is 6.10 Å². The molecule has 0 aliphatic heterocycles. The first-order valence-corrected chi connectivity index (χ1v) is 4.56. The monoisotopic (exact) mass is 210 g/mol. The molecule has 4 nitrogen and oxygen atoms in total. The average Bonchev–Trinajstić information content (AvgIpc) is 2.27. The smallest absolute Gasteiger partial charge is 0.337 e. The summed E-state index contributed by atoms with van der Waals surface area (Å²) in [6.45, 7) is 1.91. The van der Waals surface area contributed by atoms with Crippen LogP contribution in [0.2, 0.25) is 0 Å². The van der Waals surface area contributed by atoms with Crippen molar-refractivity contribution in [2.75, 3.05) is 7.11 Å². The summed E-state index contributed by atoms with van der Waals surface area (Å²) in [5.41, 5.74) is 1.53. The Morgan fingerprint density at radius 2 is 1.80 bits per heavy atom. The molecule has 0 saturated carbocycles. The molecule has 0 heterocycles. The van der Waals surface area contributed by atoms with Crippen molar-refractivity contribution in [3.05, 3.63) is 35.4 Å². The van der Waals surface area contributed by atoms with E-state index in [1.165, 1.54) is 0 Å². The van der Waals surface area contributed by atoms with Crippen molar-refractivity contribution in [1.29, 1.82) is 0 Å². The lowest BCUT2D eigenvalue weighted by Crippen LogP contribution is -2.28. The van der Waals surface area contributed by atoms with Gasteiger partial charge in [0.2, 0.25) is 0 Å². The summed E-state index contributed by atoms with van der Waals surface area (Å²) in [4.78, 5) is 11.0. The molecule has 0 bridgehead atoms. The maximum Gasteiger partial charge on any atom is 0.337 e. The van der Waals surface area contributed by atoms with E-state index in [1.807, 2.05) is 6.92 Å². The zero-order chi connectivity index (χ0) is 11.4. The van der Waals surface area contributed by atoms with Gasteiger partial charge in [0.05, 0.1) is 7.11 Å². The molecule has 0 saturated heterocycles. The fourth-order valence-corrected chi connectivity index (χ4v) is 1.20. The molecular formula is C11H14O4. The van der Waals surface area contributed by atoms with E-state index in [9.17, 15) is 15.0 Å². The van der Waals surface area contributed by atoms with E-state index in [1.54, 1.807) is 24.3 Å². The normalized spacial score (nSPS) is 14.4. The zero-order valence-corrected chi connectivity index (χ0v) is 8.68. The minimum absolute atomic E-state index is 0.485. The summed E-state index contributed by atoms with van der Waals surface area (Å²) in [5, 5.41) is 19.0. The topological polar surface area (TPSA) is 66.8 Å². The van der Waals surface area contributed by atoms with Gasteiger partial charge in [0.25, 0.3) is 0 Å². The van der Waals surface area contributed by atoms with Crippen LogP contribution in [-0.4, -0.2) is 29.4 Å². The van der Waals surface area contributed by atoms with Crippen LogP contribution in [0, 0.1) is 6.92 Å². The maximum absolute atomic E-state index is 11.0. The number of benzene rings is 1. The highest BCUT2D eigenvalue weighted by molar-refractivity contribution is 5.75. The van der Waals surface area contributed by atoms with Crippen molar-refractivity contribution in [1.82, 2.24) is 0 Å². The molecule has 15 heavy (non-hydrogen) atoms. The number of esters is 1. The molecule has 0 radical (unpaired) electrons. The Morgan fingerprint density at radius 1 is 1.27 bits per heavy atom. The second-order valence-corrected chi connectivity index (χ2v) is 3.32. The van der Waals surface area contributed by atoms with Crippen LogP contribution >= 0.6 is 0 Å². The van der Waals surface area contributed by atoms with E-state index in [4.69, 9.17) is 0 Å². The Kier molecular flexibility index (Phi) is 3.82. The molecule has 2 N–H and O–H groups in total. The molecule has 82 valence electrons. The van der Waals surface area contributed by atoms with Gasteiger partial charge >= 0.3 is 5.97 Å². The third kappa shape index (κ3) is 2.78. The Labute approximate surface area is 88.1 Å². The zero-order valence-electron chi connectivity index (χ0n) is 8.68. The predicted molar refractivity (Wildman–Crippen MR) is 54.2 cm³/mol. The largest absolute Gasteiger partial charge is 0.467 e. The molecule has 0 spiro atoms. The minimum Gasteiger partial charge on any atom is -0.467 e. The molecule has 1 aromatic rings. The van der Waals surface area contributed by atoms with Crippen LogP contribution in [0.15, 0.2) is 24.3 Å². The van der Waals surface area contributed by atoms with Crippen molar-refractivity contribution in [3.63, 3.8) is 0 Å². The summed E-state index contributed by atoms with van der Waals surface area (Å²) in [6, 6.07) is 6.91. The number of carbonyl (C=O) groups excluding carboxylic acids is 1. The van der Waals surface area contributed by atoms with Crippen LogP contribution in [0.5, 0.6) is 0 Å². The molecule has 0 unspecified atom stereocenters. The molecule has 0 aliphatic rings. The van der Waals surface area contributed by atoms with E-state index in [-0.39, 0.29) is 0 Å². The van der Waals surface area contributed by atoms with Crippen LogP contribution in [0.1, 0.15) is 17.2 Å². The summed E-state index contributed by atoms with van der Waals surface area (Å²) in [6.07, 6.45) is -2.80. The SMILES string of the molecule is COC(=O)[C@H](O)[C@H](O)c1ccc(C)cc1. The molecule has 2 atom stereocenters. The molecule has 0 aromatic heterocycles. The third-order valence-electron chi connectivity index (χ3n) is 2.16. The van der Waals surface area contributed by atoms with Gasteiger partial charge in [-0.25, -0.2) is 4.79 Å². The number of carbonyl (C=O) groups is 1. The number of rotatable bonds is 3. The lowest BCUT2D eigenvalue weighted by Gasteiger charge is -2.15. The van der Waals surface area contributed by atoms with Crippen LogP contribution in [0.25, 0.3) is 0 Å². The molecule has 0 amide bonds. The molecule has 0 aliphatic carbocycles. The summed E-state index contributed by atoms with van der Waals surface area (Å²) < 4.78 is 4.33. The van der Waals surface area contributed by atoms with Gasteiger partial charge in [-0.3, -0.25) is 0 Å². The summed E-state index contributed by atoms with van der Waals surface area (Å²) in [5.74, 6) is -0.844. The van der Waals surface area contributed by atoms with Crippen molar-refractivity contribution >= 4 is 5.97 Å². The Balaban J connectivity index is 2.80. The molecular weight excluding hydrogens is 196 g/mol. The predicted octanol–water partition coefficient (Wildman–Crippen LogP) is 0.562. The van der Waals surface area contributed by atoms with Crippen LogP contribution in [0.3, 0.4) is 0 Å². The average molecular weight is 210 g/mol. The first kappa shape index (κ1) is 11.7. The van der Waals surface area contributed by atoms with Crippen LogP contribution in [0.4, 0.5) is 0 Å². The highest BCUT2D eigenvalue weighted by atomic mass is 16.5. The highest BCUT2D eigenvalue weighted by Gasteiger charge is 2.26. The molecule has 0 fully saturated rings. The Hall–Kier alpha value is -1.39. The van der Waals surface area contributed by atoms with Gasteiger partial charge in [-0.15, -0.1) is 0 Å². The standard InChI is InChI=1S/C11H14O4/c1-7-3-5-8(6-4-7)9(12)10(13)11(14)15-2/h3-6,9-10,12-13H,1-2H3/t9-,10-/m1/s1. The lowest BCUT2D eigenvalue weighted by atomic mass is 10.0. The highest BCUT2D eigenvalue weighted by Crippen LogP contribution is 2.18. The molecule has 1 aromatic carbocycles. The number of ether oxygens (including phenoxy) is 1. The van der Waals surface area contributed by atoms with E-state index in [0.717, 1.165) is 12.7 Å². The first-order valence-electron chi connectivity index (χ1n) is 4.56. The van der Waals surface area contributed by atoms with Crippen molar-refractivity contribution in [2.45, 2.75) is 19.1 Å². The number of hydrogen-bond donors (Lipinski definition) is 2. The van der Waals surface area contributed by atoms with E-state index in [0.29, 0.717) is 5.56 Å². The molecule has 1 rings (SSSR count). The quantitative estimate of drug-likeness (QED) is 0.715. The second-order valence-electron chi connectivity index (χ2n) is 3.32. The van der Waals surface area contributed by atoms with Crippen LogP contribution < -0.4 is 0 Å². The van der Waals surface area contributed by atoms with E-state index >= 15 is 0 Å². The van der Waals surface area contributed by atoms with Gasteiger partial charge in [-0.05, 0) is 12.5 Å². The fourth-order valence-electron chi connectivity index (χ4n) is 1.20. The van der Waals surface area contributed by atoms with Gasteiger partial charge in [0.15, 0.2) is 6.10 Å². The number of aryl methyl sites for hydroxylation is 1. The van der Waals surface area contributed by atoms with Gasteiger partial charge in [0, 0.05) is 0 Å². The lowest BCUT2D eigenvalue weighted by molar-refractivity contribution is -0.156. The van der Waals surface area contributed by atoms with Gasteiger partial charge in [-0.1, -0.05) is 29.8 Å². The van der Waals surface area contributed by atoms with Crippen LogP contribution in [-0.2, 0) is 9.53 Å². The third-order valence-corrected chi connectivity index (χ3v) is 2.16. The first-order chi connectivity index (χ1) is 7.06. The summed E-state index contributed by atoms with van der Waals surface area (Å²) in [7, 11) is 1.16. The fraction of sp³-hybridized carbons (Fsp3) is 0.364. The Morgan fingerprint density at radius 3 is 2.27 bits per heavy atom. The van der Waals surface area contributed by atoms with Gasteiger partial charge < -0.3 is 14.9 Å². The number of aliphatic hydroxyl groups is 2. The van der Waals surface area contributed by atoms with E-state index < -0.39 is 18.2 Å². The Bertz CT molecular complexity index is 331. The number of hydrogen-bond acceptors (Lipinski definition) is 4. The van der Waals surface area contributed by atoms with E-state index in [2.05, 4.69) is 4.74 Å². The maximum atomic E-state index is 11.0. The van der Waals surface area contributed by atoms with Crippen molar-refractivity contribution in [2.24, 2.45) is 0 Å². The summed E-state index contributed by atoms with van der Waals surface area (Å²) >= 11 is 0.